The van der Waals surface area contributed by atoms with Gasteiger partial charge in [-0.1, -0.05) is 0 Å². The Kier molecular flexibility index (Phi) is 4.99. The third kappa shape index (κ3) is 4.94. The van der Waals surface area contributed by atoms with Crippen LogP contribution in [0.3, 0.4) is 0 Å². The summed E-state index contributed by atoms with van der Waals surface area (Å²) in [6, 6.07) is 0.194. The third-order valence-electron chi connectivity index (χ3n) is 2.97. The van der Waals surface area contributed by atoms with Crippen LogP contribution < -0.4 is 5.73 Å². The summed E-state index contributed by atoms with van der Waals surface area (Å²) in [5, 5.41) is 0. The number of nitrogens with two attached hydrogens (primary N) is 1. The summed E-state index contributed by atoms with van der Waals surface area (Å²) < 4.78 is 5.37. The molecule has 1 fully saturated rings. The lowest BCUT2D eigenvalue weighted by Gasteiger charge is -2.28. The van der Waals surface area contributed by atoms with Crippen molar-refractivity contribution < 1.29 is 14.3 Å². The number of rotatable bonds is 4. The summed E-state index contributed by atoms with van der Waals surface area (Å²) in [7, 11) is 0. The van der Waals surface area contributed by atoms with Gasteiger partial charge in [-0.15, -0.1) is 0 Å². The minimum Gasteiger partial charge on any atom is -0.444 e. The fourth-order valence-corrected chi connectivity index (χ4v) is 2.21. The highest BCUT2D eigenvalue weighted by Gasteiger charge is 2.31. The predicted octanol–water partition coefficient (Wildman–Crippen LogP) is 2.04. The van der Waals surface area contributed by atoms with Gasteiger partial charge < -0.3 is 15.4 Å². The van der Waals surface area contributed by atoms with Crippen LogP contribution in [0, 0.1) is 0 Å². The Morgan fingerprint density at radius 1 is 1.39 bits per heavy atom. The Labute approximate surface area is 109 Å². The van der Waals surface area contributed by atoms with Crippen molar-refractivity contribution in [2.75, 3.05) is 6.54 Å². The zero-order valence-electron chi connectivity index (χ0n) is 11.6. The molecule has 2 amide bonds. The summed E-state index contributed by atoms with van der Waals surface area (Å²) in [5.41, 5.74) is 4.65. The molecule has 0 spiro atoms. The first kappa shape index (κ1) is 14.8. The zero-order chi connectivity index (χ0) is 13.8. The van der Waals surface area contributed by atoms with Gasteiger partial charge in [-0.2, -0.15) is 0 Å². The molecule has 1 aliphatic heterocycles. The highest BCUT2D eigenvalue weighted by Crippen LogP contribution is 2.24. The van der Waals surface area contributed by atoms with Crippen molar-refractivity contribution in [1.29, 1.82) is 0 Å². The van der Waals surface area contributed by atoms with E-state index in [1.165, 1.54) is 0 Å². The number of nitrogens with zero attached hydrogens (tertiary/aromatic N) is 1. The molecule has 104 valence electrons. The predicted molar refractivity (Wildman–Crippen MR) is 69.0 cm³/mol. The van der Waals surface area contributed by atoms with E-state index in [1.54, 1.807) is 4.90 Å². The molecule has 0 unspecified atom stereocenters. The van der Waals surface area contributed by atoms with Crippen LogP contribution in [0.2, 0.25) is 0 Å². The fourth-order valence-electron chi connectivity index (χ4n) is 2.21. The molecule has 5 nitrogen and oxygen atoms in total. The van der Waals surface area contributed by atoms with Gasteiger partial charge in [0.25, 0.3) is 0 Å². The molecule has 0 aromatic heterocycles. The van der Waals surface area contributed by atoms with Gasteiger partial charge in [-0.3, -0.25) is 4.79 Å². The van der Waals surface area contributed by atoms with E-state index in [0.29, 0.717) is 6.42 Å². The molecule has 1 saturated heterocycles. The Morgan fingerprint density at radius 2 is 2.06 bits per heavy atom. The van der Waals surface area contributed by atoms with E-state index >= 15 is 0 Å². The fraction of sp³-hybridized carbons (Fsp3) is 0.846. The van der Waals surface area contributed by atoms with Gasteiger partial charge in [0.15, 0.2) is 0 Å². The number of carbonyl (C=O) groups is 2. The summed E-state index contributed by atoms with van der Waals surface area (Å²) in [6.45, 7) is 6.34. The van der Waals surface area contributed by atoms with Gasteiger partial charge in [0.1, 0.15) is 5.60 Å². The van der Waals surface area contributed by atoms with Crippen molar-refractivity contribution in [3.63, 3.8) is 0 Å². The first-order valence-corrected chi connectivity index (χ1v) is 6.57. The standard InChI is InChI=1S/C13H24N2O3/c1-13(2,3)18-12(17)15-9-5-7-10(15)6-4-8-11(14)16/h10H,4-9H2,1-3H3,(H2,14,16)/t10-/m1/s1. The first-order valence-electron chi connectivity index (χ1n) is 6.57. The molecule has 0 aromatic rings. The second-order valence-corrected chi connectivity index (χ2v) is 5.83. The molecule has 1 rings (SSSR count). The smallest absolute Gasteiger partial charge is 0.410 e. The molecule has 0 aliphatic carbocycles. The topological polar surface area (TPSA) is 72.6 Å². The number of primary amides is 1. The van der Waals surface area contributed by atoms with E-state index in [1.807, 2.05) is 20.8 Å². The zero-order valence-corrected chi connectivity index (χ0v) is 11.6. The number of likely N-dealkylation sites (tertiary alicyclic amines) is 1. The lowest BCUT2D eigenvalue weighted by Crippen LogP contribution is -2.39. The summed E-state index contributed by atoms with van der Waals surface area (Å²) in [5.74, 6) is -0.281. The van der Waals surface area contributed by atoms with E-state index in [9.17, 15) is 9.59 Å². The second kappa shape index (κ2) is 6.07. The van der Waals surface area contributed by atoms with E-state index < -0.39 is 5.60 Å². The van der Waals surface area contributed by atoms with Crippen LogP contribution in [0.4, 0.5) is 4.79 Å². The molecule has 5 heteroatoms. The number of amides is 2. The maximum absolute atomic E-state index is 12.0. The van der Waals surface area contributed by atoms with Gasteiger partial charge in [-0.05, 0) is 46.5 Å². The van der Waals surface area contributed by atoms with Crippen LogP contribution >= 0.6 is 0 Å². The van der Waals surface area contributed by atoms with Gasteiger partial charge in [0.05, 0.1) is 0 Å². The maximum Gasteiger partial charge on any atom is 0.410 e. The average Bonchev–Trinajstić information content (AvgIpc) is 2.62. The number of hydrogen-bond acceptors (Lipinski definition) is 3. The molecule has 1 aliphatic rings. The molecule has 0 aromatic carbocycles. The molecule has 0 bridgehead atoms. The summed E-state index contributed by atoms with van der Waals surface area (Å²) in [6.07, 6.45) is 3.68. The molecule has 1 atom stereocenters. The van der Waals surface area contributed by atoms with Crippen LogP contribution in [0.1, 0.15) is 52.9 Å². The Hall–Kier alpha value is -1.26. The summed E-state index contributed by atoms with van der Waals surface area (Å²) in [4.78, 5) is 24.5. The van der Waals surface area contributed by atoms with Crippen molar-refractivity contribution in [2.45, 2.75) is 64.5 Å². The first-order chi connectivity index (χ1) is 8.29. The van der Waals surface area contributed by atoms with Crippen LogP contribution in [0.25, 0.3) is 0 Å². The van der Waals surface area contributed by atoms with Crippen LogP contribution in [0.5, 0.6) is 0 Å². The quantitative estimate of drug-likeness (QED) is 0.836. The lowest BCUT2D eigenvalue weighted by molar-refractivity contribution is -0.118. The van der Waals surface area contributed by atoms with Gasteiger partial charge in [0.2, 0.25) is 5.91 Å². The monoisotopic (exact) mass is 256 g/mol. The number of ether oxygens (including phenoxy) is 1. The van der Waals surface area contributed by atoms with Gasteiger partial charge in [-0.25, -0.2) is 4.79 Å². The largest absolute Gasteiger partial charge is 0.444 e. The number of hydrogen-bond donors (Lipinski definition) is 1. The van der Waals surface area contributed by atoms with E-state index in [-0.39, 0.29) is 18.0 Å². The van der Waals surface area contributed by atoms with Crippen molar-refractivity contribution in [1.82, 2.24) is 4.90 Å². The summed E-state index contributed by atoms with van der Waals surface area (Å²) >= 11 is 0. The third-order valence-corrected chi connectivity index (χ3v) is 2.97. The maximum atomic E-state index is 12.0. The molecular formula is C13H24N2O3. The van der Waals surface area contributed by atoms with Crippen LogP contribution in [0.15, 0.2) is 0 Å². The van der Waals surface area contributed by atoms with Crippen molar-refractivity contribution in [3.8, 4) is 0 Å². The second-order valence-electron chi connectivity index (χ2n) is 5.83. The average molecular weight is 256 g/mol. The van der Waals surface area contributed by atoms with Crippen LogP contribution in [-0.2, 0) is 9.53 Å². The molecular weight excluding hydrogens is 232 g/mol. The van der Waals surface area contributed by atoms with E-state index in [2.05, 4.69) is 0 Å². The Bertz CT molecular complexity index is 310. The van der Waals surface area contributed by atoms with E-state index in [0.717, 1.165) is 32.2 Å². The molecule has 1 heterocycles. The Balaban J connectivity index is 2.43. The highest BCUT2D eigenvalue weighted by atomic mass is 16.6. The number of carbonyl (C=O) groups excluding carboxylic acids is 2. The molecule has 18 heavy (non-hydrogen) atoms. The Morgan fingerprint density at radius 3 is 2.61 bits per heavy atom. The molecule has 2 N–H and O–H groups in total. The lowest BCUT2D eigenvalue weighted by atomic mass is 10.1. The molecule has 0 saturated carbocycles. The minimum absolute atomic E-state index is 0.194. The minimum atomic E-state index is -0.461. The van der Waals surface area contributed by atoms with Gasteiger partial charge >= 0.3 is 6.09 Å². The van der Waals surface area contributed by atoms with Gasteiger partial charge in [0, 0.05) is 19.0 Å². The van der Waals surface area contributed by atoms with Crippen LogP contribution in [-0.4, -0.2) is 35.1 Å². The van der Waals surface area contributed by atoms with Crippen molar-refractivity contribution in [2.24, 2.45) is 5.73 Å². The van der Waals surface area contributed by atoms with E-state index in [4.69, 9.17) is 10.5 Å². The van der Waals surface area contributed by atoms with Crippen molar-refractivity contribution in [3.05, 3.63) is 0 Å². The highest BCUT2D eigenvalue weighted by molar-refractivity contribution is 5.73. The SMILES string of the molecule is CC(C)(C)OC(=O)N1CCC[C@H]1CCCC(N)=O. The molecule has 0 radical (unpaired) electrons. The van der Waals surface area contributed by atoms with Crippen molar-refractivity contribution >= 4 is 12.0 Å². The normalized spacial score (nSPS) is 19.9.